The molecule has 0 fully saturated rings. The molecule has 1 atom stereocenters. The molecule has 0 bridgehead atoms. The van der Waals surface area contributed by atoms with Crippen LogP contribution in [-0.4, -0.2) is 29.2 Å². The highest BCUT2D eigenvalue weighted by atomic mass is 32.2. The lowest BCUT2D eigenvalue weighted by atomic mass is 9.96. The van der Waals surface area contributed by atoms with E-state index in [1.54, 1.807) is 6.92 Å². The van der Waals surface area contributed by atoms with Gasteiger partial charge in [-0.05, 0) is 18.4 Å². The van der Waals surface area contributed by atoms with Gasteiger partial charge in [-0.25, -0.2) is 4.98 Å². The summed E-state index contributed by atoms with van der Waals surface area (Å²) in [7, 11) is 0. The molecule has 0 aliphatic heterocycles. The molecule has 1 aromatic heterocycles. The number of nitrogens with zero attached hydrogens (tertiary/aromatic N) is 1. The SMILES string of the molecule is CCOC(=O)Cc1csc(SCC(=O)N[C@@H](c2ccccc2)C(C)C)n1. The van der Waals surface area contributed by atoms with Crippen LogP contribution in [0.25, 0.3) is 0 Å². The van der Waals surface area contributed by atoms with Gasteiger partial charge in [0, 0.05) is 5.38 Å². The van der Waals surface area contributed by atoms with Crippen LogP contribution in [0.15, 0.2) is 40.1 Å². The average Bonchev–Trinajstić information content (AvgIpc) is 3.06. The molecule has 0 aliphatic rings. The molecule has 0 aliphatic carbocycles. The van der Waals surface area contributed by atoms with E-state index in [9.17, 15) is 9.59 Å². The van der Waals surface area contributed by atoms with Gasteiger partial charge in [-0.3, -0.25) is 9.59 Å². The van der Waals surface area contributed by atoms with Gasteiger partial charge in [0.2, 0.25) is 5.91 Å². The van der Waals surface area contributed by atoms with Gasteiger partial charge >= 0.3 is 5.97 Å². The van der Waals surface area contributed by atoms with Crippen LogP contribution >= 0.6 is 23.1 Å². The molecule has 0 radical (unpaired) electrons. The van der Waals surface area contributed by atoms with E-state index < -0.39 is 0 Å². The van der Waals surface area contributed by atoms with E-state index in [4.69, 9.17) is 4.74 Å². The van der Waals surface area contributed by atoms with E-state index in [-0.39, 0.29) is 24.3 Å². The average molecular weight is 393 g/mol. The summed E-state index contributed by atoms with van der Waals surface area (Å²) >= 11 is 2.82. The monoisotopic (exact) mass is 392 g/mol. The van der Waals surface area contributed by atoms with Crippen molar-refractivity contribution in [2.24, 2.45) is 5.92 Å². The number of hydrogen-bond donors (Lipinski definition) is 1. The summed E-state index contributed by atoms with van der Waals surface area (Å²) in [5.41, 5.74) is 1.78. The maximum absolute atomic E-state index is 12.3. The van der Waals surface area contributed by atoms with E-state index in [2.05, 4.69) is 24.1 Å². The van der Waals surface area contributed by atoms with Gasteiger partial charge < -0.3 is 10.1 Å². The fourth-order valence-electron chi connectivity index (χ4n) is 2.43. The summed E-state index contributed by atoms with van der Waals surface area (Å²) in [5.74, 6) is 0.277. The highest BCUT2D eigenvalue weighted by Crippen LogP contribution is 2.25. The summed E-state index contributed by atoms with van der Waals surface area (Å²) < 4.78 is 5.69. The second-order valence-corrected chi connectivity index (χ2v) is 8.16. The number of ether oxygens (including phenoxy) is 1. The minimum atomic E-state index is -0.283. The molecule has 0 saturated carbocycles. The van der Waals surface area contributed by atoms with Gasteiger partial charge in [0.15, 0.2) is 4.34 Å². The van der Waals surface area contributed by atoms with Crippen LogP contribution in [0.3, 0.4) is 0 Å². The lowest BCUT2D eigenvalue weighted by Gasteiger charge is -2.22. The van der Waals surface area contributed by atoms with Crippen molar-refractivity contribution in [3.63, 3.8) is 0 Å². The van der Waals surface area contributed by atoms with Crippen LogP contribution in [0.1, 0.15) is 38.1 Å². The zero-order chi connectivity index (χ0) is 18.9. The molecule has 7 heteroatoms. The summed E-state index contributed by atoms with van der Waals surface area (Å²) in [6.07, 6.45) is 0.167. The molecular weight excluding hydrogens is 368 g/mol. The lowest BCUT2D eigenvalue weighted by molar-refractivity contribution is -0.142. The molecule has 0 unspecified atom stereocenters. The van der Waals surface area contributed by atoms with Crippen molar-refractivity contribution in [3.05, 3.63) is 47.0 Å². The minimum Gasteiger partial charge on any atom is -0.466 e. The second kappa shape index (κ2) is 10.3. The number of rotatable bonds is 9. The standard InChI is InChI=1S/C19H24N2O3S2/c1-4-24-17(23)10-15-11-25-19(20-15)26-12-16(22)21-18(13(2)3)14-8-6-5-7-9-14/h5-9,11,13,18H,4,10,12H2,1-3H3,(H,21,22)/t18-/m1/s1. The fraction of sp³-hybridized carbons (Fsp3) is 0.421. The number of aromatic nitrogens is 1. The first-order chi connectivity index (χ1) is 12.5. The number of nitrogens with one attached hydrogen (secondary N) is 1. The Bertz CT molecular complexity index is 717. The van der Waals surface area contributed by atoms with Crippen molar-refractivity contribution in [2.75, 3.05) is 12.4 Å². The predicted molar refractivity (Wildman–Crippen MR) is 105 cm³/mol. The number of hydrogen-bond acceptors (Lipinski definition) is 6. The molecule has 5 nitrogen and oxygen atoms in total. The predicted octanol–water partition coefficient (Wildman–Crippen LogP) is 3.85. The maximum Gasteiger partial charge on any atom is 0.311 e. The van der Waals surface area contributed by atoms with Crippen molar-refractivity contribution in [1.82, 2.24) is 10.3 Å². The third kappa shape index (κ3) is 6.46. The van der Waals surface area contributed by atoms with Crippen molar-refractivity contribution in [3.8, 4) is 0 Å². The Hall–Kier alpha value is -1.86. The van der Waals surface area contributed by atoms with Crippen molar-refractivity contribution >= 4 is 35.0 Å². The number of carbonyl (C=O) groups excluding carboxylic acids is 2. The van der Waals surface area contributed by atoms with E-state index in [1.807, 2.05) is 35.7 Å². The molecule has 1 aromatic carbocycles. The maximum atomic E-state index is 12.3. The summed E-state index contributed by atoms with van der Waals surface area (Å²) in [6.45, 7) is 6.32. The van der Waals surface area contributed by atoms with Gasteiger partial charge in [-0.15, -0.1) is 11.3 Å². The number of carbonyl (C=O) groups is 2. The van der Waals surface area contributed by atoms with Crippen LogP contribution in [0, 0.1) is 5.92 Å². The molecule has 2 rings (SSSR count). The fourth-order valence-corrected chi connectivity index (χ4v) is 4.09. The number of benzene rings is 1. The first-order valence-corrected chi connectivity index (χ1v) is 10.4. The highest BCUT2D eigenvalue weighted by molar-refractivity contribution is 8.01. The van der Waals surface area contributed by atoms with Gasteiger partial charge in [-0.1, -0.05) is 55.9 Å². The van der Waals surface area contributed by atoms with Gasteiger partial charge in [-0.2, -0.15) is 0 Å². The zero-order valence-electron chi connectivity index (χ0n) is 15.2. The van der Waals surface area contributed by atoms with E-state index >= 15 is 0 Å². The summed E-state index contributed by atoms with van der Waals surface area (Å²) in [6, 6.07) is 9.97. The van der Waals surface area contributed by atoms with Gasteiger partial charge in [0.25, 0.3) is 0 Å². The van der Waals surface area contributed by atoms with Crippen LogP contribution in [0.5, 0.6) is 0 Å². The quantitative estimate of drug-likeness (QED) is 0.518. The van der Waals surface area contributed by atoms with Crippen LogP contribution in [0.2, 0.25) is 0 Å². The van der Waals surface area contributed by atoms with Crippen molar-refractivity contribution in [2.45, 2.75) is 37.6 Å². The molecular formula is C19H24N2O3S2. The number of thioether (sulfide) groups is 1. The Balaban J connectivity index is 1.86. The molecule has 140 valence electrons. The molecule has 2 aromatic rings. The molecule has 26 heavy (non-hydrogen) atoms. The largest absolute Gasteiger partial charge is 0.466 e. The Morgan fingerprint density at radius 2 is 2.00 bits per heavy atom. The number of esters is 1. The van der Waals surface area contributed by atoms with E-state index in [1.165, 1.54) is 23.1 Å². The smallest absolute Gasteiger partial charge is 0.311 e. The zero-order valence-corrected chi connectivity index (χ0v) is 16.9. The second-order valence-electron chi connectivity index (χ2n) is 6.08. The third-order valence-corrected chi connectivity index (χ3v) is 5.70. The van der Waals surface area contributed by atoms with E-state index in [0.717, 1.165) is 9.90 Å². The Morgan fingerprint density at radius 1 is 1.27 bits per heavy atom. The van der Waals surface area contributed by atoms with Crippen LogP contribution in [0.4, 0.5) is 0 Å². The molecule has 1 N–H and O–H groups in total. The topological polar surface area (TPSA) is 68.3 Å². The summed E-state index contributed by atoms with van der Waals surface area (Å²) in [4.78, 5) is 28.2. The van der Waals surface area contributed by atoms with E-state index in [0.29, 0.717) is 24.0 Å². The van der Waals surface area contributed by atoms with Crippen molar-refractivity contribution < 1.29 is 14.3 Å². The lowest BCUT2D eigenvalue weighted by Crippen LogP contribution is -2.32. The molecule has 1 heterocycles. The first-order valence-electron chi connectivity index (χ1n) is 8.56. The number of thiazole rings is 1. The Labute approximate surface area is 162 Å². The van der Waals surface area contributed by atoms with Crippen LogP contribution in [-0.2, 0) is 20.7 Å². The third-order valence-electron chi connectivity index (χ3n) is 3.63. The van der Waals surface area contributed by atoms with Gasteiger partial charge in [0.05, 0.1) is 30.5 Å². The Morgan fingerprint density at radius 3 is 2.65 bits per heavy atom. The Kier molecular flexibility index (Phi) is 8.12. The van der Waals surface area contributed by atoms with Crippen LogP contribution < -0.4 is 5.32 Å². The highest BCUT2D eigenvalue weighted by Gasteiger charge is 2.18. The number of amides is 1. The first kappa shape index (κ1) is 20.5. The minimum absolute atomic E-state index is 0.0139. The normalized spacial score (nSPS) is 12.0. The van der Waals surface area contributed by atoms with Crippen molar-refractivity contribution in [1.29, 1.82) is 0 Å². The summed E-state index contributed by atoms with van der Waals surface area (Å²) in [5, 5.41) is 4.93. The molecule has 1 amide bonds. The van der Waals surface area contributed by atoms with Gasteiger partial charge in [0.1, 0.15) is 0 Å². The molecule has 0 spiro atoms. The molecule has 0 saturated heterocycles.